The molecule has 2 aliphatic heterocycles. The van der Waals surface area contributed by atoms with Crippen molar-refractivity contribution < 1.29 is 18.4 Å². The standard InChI is InChI=1S/C44H52F2N4O2S2/c1-7-11-21-48-29(10-4)25-50-42(38-20-18-36(54-38)31-16-14-27(6)23-33(31)46)40-39(44(50)52)41(49(43(40)51)24-28(9-3)34(47)12-8-2)37-19-17-35(53-37)30-15-13-26(5)22-32(30)45/h13-20,22-23,28-29,34,48H,7-12,21,24-25,47H2,1-6H3. The lowest BCUT2D eigenvalue weighted by Gasteiger charge is -2.31. The SMILES string of the molecule is CCCCNC(CC)CN1C(=O)C2=C(c3ccc(-c4ccc(C)cc4F)s3)N(CC(CC)C(N)CCC)C(=O)C2=C1c1ccc(-c2ccc(C)cc2F)s1. The predicted octanol–water partition coefficient (Wildman–Crippen LogP) is 10.2. The number of nitrogens with one attached hydrogen (secondary N) is 1. The fourth-order valence-electron chi connectivity index (χ4n) is 7.53. The molecule has 2 aliphatic rings. The lowest BCUT2D eigenvalue weighted by Crippen LogP contribution is -2.42. The number of thiophene rings is 2. The van der Waals surface area contributed by atoms with Crippen LogP contribution in [-0.4, -0.2) is 53.3 Å². The molecular weight excluding hydrogens is 719 g/mol. The molecule has 10 heteroatoms. The molecule has 0 fully saturated rings. The summed E-state index contributed by atoms with van der Waals surface area (Å²) < 4.78 is 30.5. The minimum absolute atomic E-state index is 0.00218. The molecule has 4 heterocycles. The zero-order valence-corrected chi connectivity index (χ0v) is 33.9. The molecule has 0 aliphatic carbocycles. The Morgan fingerprint density at radius 2 is 1.19 bits per heavy atom. The Morgan fingerprint density at radius 3 is 1.63 bits per heavy atom. The first kappa shape index (κ1) is 39.7. The maximum absolute atomic E-state index is 15.3. The van der Waals surface area contributed by atoms with E-state index in [0.29, 0.717) is 51.6 Å². The highest BCUT2D eigenvalue weighted by molar-refractivity contribution is 7.17. The average molecular weight is 771 g/mol. The number of fused-ring (bicyclic) bond motifs is 1. The third-order valence-corrected chi connectivity index (χ3v) is 12.9. The summed E-state index contributed by atoms with van der Waals surface area (Å²) in [6.45, 7) is 13.7. The van der Waals surface area contributed by atoms with Gasteiger partial charge in [0.05, 0.1) is 32.3 Å². The van der Waals surface area contributed by atoms with Gasteiger partial charge < -0.3 is 20.9 Å². The summed E-state index contributed by atoms with van der Waals surface area (Å²) >= 11 is 2.76. The van der Waals surface area contributed by atoms with Crippen molar-refractivity contribution >= 4 is 45.9 Å². The molecule has 2 aromatic carbocycles. The van der Waals surface area contributed by atoms with E-state index in [4.69, 9.17) is 5.73 Å². The van der Waals surface area contributed by atoms with Crippen LogP contribution in [0, 0.1) is 31.4 Å². The van der Waals surface area contributed by atoms with Crippen molar-refractivity contribution in [3.63, 3.8) is 0 Å². The van der Waals surface area contributed by atoms with E-state index in [9.17, 15) is 0 Å². The highest BCUT2D eigenvalue weighted by Gasteiger charge is 2.50. The highest BCUT2D eigenvalue weighted by Crippen LogP contribution is 2.50. The van der Waals surface area contributed by atoms with Crippen LogP contribution in [0.5, 0.6) is 0 Å². The normalized spacial score (nSPS) is 16.2. The number of nitrogens with two attached hydrogens (primary N) is 1. The van der Waals surface area contributed by atoms with E-state index < -0.39 is 0 Å². The molecule has 0 bridgehead atoms. The Labute approximate surface area is 326 Å². The molecule has 0 saturated heterocycles. The van der Waals surface area contributed by atoms with Gasteiger partial charge in [-0.15, -0.1) is 22.7 Å². The van der Waals surface area contributed by atoms with Crippen molar-refractivity contribution in [2.24, 2.45) is 11.7 Å². The Bertz CT molecular complexity index is 2080. The van der Waals surface area contributed by atoms with E-state index >= 15 is 18.4 Å². The monoisotopic (exact) mass is 770 g/mol. The second kappa shape index (κ2) is 17.2. The van der Waals surface area contributed by atoms with Gasteiger partial charge in [-0.05, 0) is 93.1 Å². The van der Waals surface area contributed by atoms with E-state index in [0.717, 1.165) is 70.8 Å². The molecule has 2 amide bonds. The molecular formula is C44H52F2N4O2S2. The van der Waals surface area contributed by atoms with Crippen LogP contribution in [0.4, 0.5) is 8.78 Å². The molecule has 6 nitrogen and oxygen atoms in total. The molecule has 3 unspecified atom stereocenters. The minimum atomic E-state index is -0.317. The minimum Gasteiger partial charge on any atom is -0.327 e. The van der Waals surface area contributed by atoms with Gasteiger partial charge >= 0.3 is 0 Å². The first-order valence-electron chi connectivity index (χ1n) is 19.4. The summed E-state index contributed by atoms with van der Waals surface area (Å²) in [6, 6.07) is 17.8. The molecule has 0 radical (unpaired) electrons. The van der Waals surface area contributed by atoms with Crippen molar-refractivity contribution in [2.45, 2.75) is 92.2 Å². The molecule has 4 aromatic rings. The summed E-state index contributed by atoms with van der Waals surface area (Å²) in [5.41, 5.74) is 11.2. The van der Waals surface area contributed by atoms with Crippen LogP contribution in [-0.2, 0) is 9.59 Å². The Balaban J connectivity index is 1.54. The highest BCUT2D eigenvalue weighted by atomic mass is 32.1. The first-order chi connectivity index (χ1) is 26.0. The lowest BCUT2D eigenvalue weighted by molar-refractivity contribution is -0.124. The number of rotatable bonds is 17. The van der Waals surface area contributed by atoms with Gasteiger partial charge in [0.25, 0.3) is 11.8 Å². The van der Waals surface area contributed by atoms with E-state index in [1.807, 2.05) is 50.2 Å². The van der Waals surface area contributed by atoms with Crippen LogP contribution in [0.3, 0.4) is 0 Å². The summed E-state index contributed by atoms with van der Waals surface area (Å²) in [6.07, 6.45) is 5.36. The molecule has 6 rings (SSSR count). The third-order valence-electron chi connectivity index (χ3n) is 10.7. The van der Waals surface area contributed by atoms with Gasteiger partial charge in [-0.1, -0.05) is 71.2 Å². The van der Waals surface area contributed by atoms with E-state index in [1.165, 1.54) is 34.8 Å². The number of benzene rings is 2. The van der Waals surface area contributed by atoms with Crippen LogP contribution < -0.4 is 11.1 Å². The Kier molecular flexibility index (Phi) is 12.7. The lowest BCUT2D eigenvalue weighted by atomic mass is 9.93. The van der Waals surface area contributed by atoms with Gasteiger partial charge in [-0.2, -0.15) is 0 Å². The number of amides is 2. The number of carbonyl (C=O) groups excluding carboxylic acids is 2. The largest absolute Gasteiger partial charge is 0.327 e. The zero-order chi connectivity index (χ0) is 38.7. The predicted molar refractivity (Wildman–Crippen MR) is 220 cm³/mol. The average Bonchev–Trinajstić information content (AvgIpc) is 3.93. The molecule has 0 saturated carbocycles. The molecule has 3 N–H and O–H groups in total. The van der Waals surface area contributed by atoms with Crippen LogP contribution >= 0.6 is 22.7 Å². The number of carbonyl (C=O) groups is 2. The third kappa shape index (κ3) is 7.89. The number of hydrogen-bond donors (Lipinski definition) is 2. The molecule has 2 aromatic heterocycles. The quantitative estimate of drug-likeness (QED) is 0.105. The first-order valence-corrected chi connectivity index (χ1v) is 21.0. The zero-order valence-electron chi connectivity index (χ0n) is 32.2. The van der Waals surface area contributed by atoms with E-state index in [1.54, 1.807) is 21.9 Å². The maximum atomic E-state index is 15.3. The number of unbranched alkanes of at least 4 members (excludes halogenated alkanes) is 1. The van der Waals surface area contributed by atoms with Gasteiger partial charge in [0.1, 0.15) is 11.6 Å². The Morgan fingerprint density at radius 1 is 0.685 bits per heavy atom. The maximum Gasteiger partial charge on any atom is 0.261 e. The molecule has 3 atom stereocenters. The molecule has 0 spiro atoms. The van der Waals surface area contributed by atoms with Crippen LogP contribution in [0.2, 0.25) is 0 Å². The Hall–Kier alpha value is -3.96. The van der Waals surface area contributed by atoms with Gasteiger partial charge in [0, 0.05) is 46.1 Å². The van der Waals surface area contributed by atoms with Gasteiger partial charge in [0.15, 0.2) is 0 Å². The molecule has 54 heavy (non-hydrogen) atoms. The van der Waals surface area contributed by atoms with Crippen molar-refractivity contribution in [2.75, 3.05) is 19.6 Å². The van der Waals surface area contributed by atoms with E-state index in [-0.39, 0.29) is 41.5 Å². The van der Waals surface area contributed by atoms with Crippen molar-refractivity contribution in [3.8, 4) is 20.9 Å². The second-order valence-corrected chi connectivity index (χ2v) is 16.8. The summed E-state index contributed by atoms with van der Waals surface area (Å²) in [5, 5.41) is 3.63. The van der Waals surface area contributed by atoms with Gasteiger partial charge in [-0.25, -0.2) is 8.78 Å². The smallest absolute Gasteiger partial charge is 0.261 e. The summed E-state index contributed by atoms with van der Waals surface area (Å²) in [5.74, 6) is -1.11. The van der Waals surface area contributed by atoms with Crippen molar-refractivity contribution in [3.05, 3.63) is 104 Å². The fraction of sp³-hybridized carbons (Fsp3) is 0.409. The van der Waals surface area contributed by atoms with Gasteiger partial charge in [-0.3, -0.25) is 9.59 Å². The van der Waals surface area contributed by atoms with Crippen molar-refractivity contribution in [1.82, 2.24) is 15.1 Å². The number of halogens is 2. The number of aryl methyl sites for hydroxylation is 2. The number of nitrogens with zero attached hydrogens (tertiary/aromatic N) is 2. The topological polar surface area (TPSA) is 78.7 Å². The summed E-state index contributed by atoms with van der Waals surface area (Å²) in [4.78, 5) is 36.5. The fourth-order valence-corrected chi connectivity index (χ4v) is 9.72. The van der Waals surface area contributed by atoms with Crippen molar-refractivity contribution in [1.29, 1.82) is 0 Å². The van der Waals surface area contributed by atoms with Crippen LogP contribution in [0.15, 0.2) is 71.8 Å². The van der Waals surface area contributed by atoms with Crippen LogP contribution in [0.1, 0.15) is 87.1 Å². The van der Waals surface area contributed by atoms with Crippen LogP contribution in [0.25, 0.3) is 32.3 Å². The number of hydrogen-bond acceptors (Lipinski definition) is 6. The van der Waals surface area contributed by atoms with E-state index in [2.05, 4.69) is 33.0 Å². The second-order valence-electron chi connectivity index (χ2n) is 14.6. The van der Waals surface area contributed by atoms with Gasteiger partial charge in [0.2, 0.25) is 0 Å². The summed E-state index contributed by atoms with van der Waals surface area (Å²) in [7, 11) is 0. The molecule has 286 valence electrons.